The fourth-order valence-electron chi connectivity index (χ4n) is 3.40. The monoisotopic (exact) mass is 469 g/mol. The first-order valence-corrected chi connectivity index (χ1v) is 11.4. The van der Waals surface area contributed by atoms with Crippen LogP contribution in [0.25, 0.3) is 11.3 Å². The van der Waals surface area contributed by atoms with Gasteiger partial charge in [0, 0.05) is 23.7 Å². The van der Waals surface area contributed by atoms with Gasteiger partial charge in [0.25, 0.3) is 5.91 Å². The predicted octanol–water partition coefficient (Wildman–Crippen LogP) is 5.66. The molecular formula is C28H27N3O4. The van der Waals surface area contributed by atoms with Gasteiger partial charge < -0.3 is 19.5 Å². The van der Waals surface area contributed by atoms with E-state index in [0.717, 1.165) is 23.3 Å². The third-order valence-electron chi connectivity index (χ3n) is 5.20. The van der Waals surface area contributed by atoms with Gasteiger partial charge in [-0.1, -0.05) is 43.3 Å². The molecule has 0 aliphatic rings. The first kappa shape index (κ1) is 23.8. The van der Waals surface area contributed by atoms with E-state index in [1.54, 1.807) is 31.4 Å². The highest BCUT2D eigenvalue weighted by Gasteiger charge is 2.11. The minimum Gasteiger partial charge on any atom is -0.494 e. The molecule has 0 radical (unpaired) electrons. The van der Waals surface area contributed by atoms with Gasteiger partial charge in [-0.15, -0.1) is 0 Å². The Morgan fingerprint density at radius 3 is 2.49 bits per heavy atom. The van der Waals surface area contributed by atoms with Gasteiger partial charge in [0.1, 0.15) is 12.1 Å². The number of hydrogen-bond donors (Lipinski definition) is 1. The van der Waals surface area contributed by atoms with Crippen LogP contribution in [0.4, 0.5) is 0 Å². The third kappa shape index (κ3) is 6.35. The zero-order valence-electron chi connectivity index (χ0n) is 19.7. The van der Waals surface area contributed by atoms with Crippen molar-refractivity contribution in [2.24, 2.45) is 0 Å². The number of amides is 1. The first-order valence-electron chi connectivity index (χ1n) is 11.4. The number of benzene rings is 3. The van der Waals surface area contributed by atoms with E-state index in [4.69, 9.17) is 14.2 Å². The number of para-hydroxylation sites is 2. The maximum atomic E-state index is 12.8. The summed E-state index contributed by atoms with van der Waals surface area (Å²) in [5.41, 5.74) is 2.95. The van der Waals surface area contributed by atoms with E-state index in [-0.39, 0.29) is 5.91 Å². The second kappa shape index (κ2) is 11.7. The first-order chi connectivity index (χ1) is 17.2. The summed E-state index contributed by atoms with van der Waals surface area (Å²) in [4.78, 5) is 21.3. The summed E-state index contributed by atoms with van der Waals surface area (Å²) in [6.07, 6.45) is 2.39. The third-order valence-corrected chi connectivity index (χ3v) is 5.20. The van der Waals surface area contributed by atoms with E-state index in [1.165, 1.54) is 6.33 Å². The van der Waals surface area contributed by atoms with Crippen molar-refractivity contribution in [2.45, 2.75) is 19.9 Å². The molecule has 0 saturated carbocycles. The average molecular weight is 470 g/mol. The van der Waals surface area contributed by atoms with E-state index in [1.807, 2.05) is 54.6 Å². The lowest BCUT2D eigenvalue weighted by atomic mass is 10.1. The van der Waals surface area contributed by atoms with Crippen molar-refractivity contribution in [1.82, 2.24) is 15.3 Å². The SMILES string of the molecule is CCCOc1ccc(CNC(=O)c2cccc(-c3cc(Oc4ccccc4OC)ncn3)c2)cc1. The van der Waals surface area contributed by atoms with Crippen LogP contribution in [-0.2, 0) is 6.54 Å². The molecule has 0 spiro atoms. The molecule has 0 aliphatic carbocycles. The molecule has 0 atom stereocenters. The van der Waals surface area contributed by atoms with E-state index in [2.05, 4.69) is 22.2 Å². The molecular weight excluding hydrogens is 442 g/mol. The molecule has 4 aromatic rings. The van der Waals surface area contributed by atoms with Gasteiger partial charge in [0.15, 0.2) is 11.5 Å². The maximum Gasteiger partial charge on any atom is 0.251 e. The summed E-state index contributed by atoms with van der Waals surface area (Å²) in [6, 6.07) is 24.1. The molecule has 3 aromatic carbocycles. The van der Waals surface area contributed by atoms with Crippen molar-refractivity contribution >= 4 is 5.91 Å². The summed E-state index contributed by atoms with van der Waals surface area (Å²) < 4.78 is 16.8. The Kier molecular flexibility index (Phi) is 7.91. The normalized spacial score (nSPS) is 10.5. The molecule has 0 aliphatic heterocycles. The van der Waals surface area contributed by atoms with Crippen LogP contribution in [0.5, 0.6) is 23.1 Å². The molecule has 0 saturated heterocycles. The highest BCUT2D eigenvalue weighted by Crippen LogP contribution is 2.31. The summed E-state index contributed by atoms with van der Waals surface area (Å²) in [7, 11) is 1.58. The lowest BCUT2D eigenvalue weighted by molar-refractivity contribution is 0.0951. The zero-order valence-corrected chi connectivity index (χ0v) is 19.7. The molecule has 178 valence electrons. The fraction of sp³-hybridized carbons (Fsp3) is 0.179. The number of ether oxygens (including phenoxy) is 3. The Labute approximate surface area is 204 Å². The number of nitrogens with zero attached hydrogens (tertiary/aromatic N) is 2. The Hall–Kier alpha value is -4.39. The van der Waals surface area contributed by atoms with Crippen LogP contribution in [0.1, 0.15) is 29.3 Å². The largest absolute Gasteiger partial charge is 0.494 e. The van der Waals surface area contributed by atoms with Gasteiger partial charge in [0.05, 0.1) is 19.4 Å². The van der Waals surface area contributed by atoms with Crippen molar-refractivity contribution in [3.8, 4) is 34.4 Å². The van der Waals surface area contributed by atoms with Gasteiger partial charge >= 0.3 is 0 Å². The number of rotatable bonds is 10. The van der Waals surface area contributed by atoms with Crippen molar-refractivity contribution < 1.29 is 19.0 Å². The van der Waals surface area contributed by atoms with Crippen LogP contribution in [0.15, 0.2) is 85.2 Å². The fourth-order valence-corrected chi connectivity index (χ4v) is 3.40. The van der Waals surface area contributed by atoms with Gasteiger partial charge in [-0.25, -0.2) is 9.97 Å². The van der Waals surface area contributed by atoms with Crippen molar-refractivity contribution in [3.05, 3.63) is 96.3 Å². The van der Waals surface area contributed by atoms with Crippen LogP contribution in [0, 0.1) is 0 Å². The highest BCUT2D eigenvalue weighted by molar-refractivity contribution is 5.95. The summed E-state index contributed by atoms with van der Waals surface area (Å²) in [6.45, 7) is 3.17. The Morgan fingerprint density at radius 1 is 0.914 bits per heavy atom. The molecule has 1 N–H and O–H groups in total. The van der Waals surface area contributed by atoms with Crippen LogP contribution < -0.4 is 19.5 Å². The molecule has 7 heteroatoms. The lowest BCUT2D eigenvalue weighted by Crippen LogP contribution is -2.22. The van der Waals surface area contributed by atoms with Gasteiger partial charge in [0.2, 0.25) is 5.88 Å². The summed E-state index contributed by atoms with van der Waals surface area (Å²) in [5.74, 6) is 2.19. The van der Waals surface area contributed by atoms with Gasteiger partial charge in [-0.3, -0.25) is 4.79 Å². The smallest absolute Gasteiger partial charge is 0.251 e. The topological polar surface area (TPSA) is 82.6 Å². The van der Waals surface area contributed by atoms with E-state index in [9.17, 15) is 4.79 Å². The minimum absolute atomic E-state index is 0.169. The van der Waals surface area contributed by atoms with Crippen molar-refractivity contribution in [2.75, 3.05) is 13.7 Å². The zero-order chi connectivity index (χ0) is 24.5. The molecule has 0 unspecified atom stereocenters. The minimum atomic E-state index is -0.169. The van der Waals surface area contributed by atoms with E-state index in [0.29, 0.717) is 41.8 Å². The summed E-state index contributed by atoms with van der Waals surface area (Å²) in [5, 5.41) is 2.96. The quantitative estimate of drug-likeness (QED) is 0.323. The van der Waals surface area contributed by atoms with Crippen molar-refractivity contribution in [1.29, 1.82) is 0 Å². The number of aromatic nitrogens is 2. The van der Waals surface area contributed by atoms with Gasteiger partial charge in [-0.05, 0) is 48.4 Å². The standard InChI is InChI=1S/C28H27N3O4/c1-3-15-34-23-13-11-20(12-14-23)18-29-28(32)22-8-6-7-21(16-22)24-17-27(31-19-30-24)35-26-10-5-4-9-25(26)33-2/h4-14,16-17,19H,3,15,18H2,1-2H3,(H,29,32). The number of hydrogen-bond acceptors (Lipinski definition) is 6. The predicted molar refractivity (Wildman–Crippen MR) is 134 cm³/mol. The van der Waals surface area contributed by atoms with E-state index >= 15 is 0 Å². The second-order valence-electron chi connectivity index (χ2n) is 7.75. The number of methoxy groups -OCH3 is 1. The Morgan fingerprint density at radius 2 is 1.71 bits per heavy atom. The van der Waals surface area contributed by atoms with Crippen LogP contribution in [-0.4, -0.2) is 29.6 Å². The van der Waals surface area contributed by atoms with Crippen LogP contribution in [0.2, 0.25) is 0 Å². The van der Waals surface area contributed by atoms with Gasteiger partial charge in [-0.2, -0.15) is 0 Å². The molecule has 4 rings (SSSR count). The maximum absolute atomic E-state index is 12.8. The van der Waals surface area contributed by atoms with Crippen LogP contribution >= 0.6 is 0 Å². The van der Waals surface area contributed by atoms with E-state index < -0.39 is 0 Å². The molecule has 1 amide bonds. The second-order valence-corrected chi connectivity index (χ2v) is 7.75. The van der Waals surface area contributed by atoms with Crippen molar-refractivity contribution in [3.63, 3.8) is 0 Å². The van der Waals surface area contributed by atoms with Crippen LogP contribution in [0.3, 0.4) is 0 Å². The Balaban J connectivity index is 1.43. The molecule has 7 nitrogen and oxygen atoms in total. The average Bonchev–Trinajstić information content (AvgIpc) is 2.91. The highest BCUT2D eigenvalue weighted by atomic mass is 16.5. The molecule has 35 heavy (non-hydrogen) atoms. The number of nitrogens with one attached hydrogen (secondary N) is 1. The Bertz CT molecular complexity index is 1280. The molecule has 0 bridgehead atoms. The molecule has 1 heterocycles. The lowest BCUT2D eigenvalue weighted by Gasteiger charge is -2.10. The number of carbonyl (C=O) groups excluding carboxylic acids is 1. The number of carbonyl (C=O) groups is 1. The molecule has 0 fully saturated rings. The summed E-state index contributed by atoms with van der Waals surface area (Å²) >= 11 is 0. The molecule has 1 aromatic heterocycles.